The standard InChI is InChI=1S/C9H16N4O2/c10-4-2-1-3-8(11)9(14)15-13-6-5-12-7-13/h5-8H,1-4,10-11H2/t8-/m0/s1. The minimum absolute atomic E-state index is 0.454. The molecular formula is C9H16N4O2. The highest BCUT2D eigenvalue weighted by molar-refractivity contribution is 5.75. The van der Waals surface area contributed by atoms with Gasteiger partial charge in [-0.05, 0) is 19.4 Å². The predicted molar refractivity (Wildman–Crippen MR) is 54.7 cm³/mol. The fourth-order valence-electron chi connectivity index (χ4n) is 1.10. The van der Waals surface area contributed by atoms with Crippen LogP contribution in [0.5, 0.6) is 0 Å². The fourth-order valence-corrected chi connectivity index (χ4v) is 1.10. The molecule has 0 aliphatic heterocycles. The molecule has 0 amide bonds. The molecule has 1 heterocycles. The lowest BCUT2D eigenvalue weighted by Gasteiger charge is -2.10. The van der Waals surface area contributed by atoms with Gasteiger partial charge in [0.2, 0.25) is 0 Å². The van der Waals surface area contributed by atoms with Crippen LogP contribution in [0.4, 0.5) is 0 Å². The number of rotatable bonds is 6. The minimum Gasteiger partial charge on any atom is -0.334 e. The summed E-state index contributed by atoms with van der Waals surface area (Å²) in [6, 6.07) is -0.598. The molecule has 0 unspecified atom stereocenters. The van der Waals surface area contributed by atoms with Crippen molar-refractivity contribution in [1.82, 2.24) is 9.71 Å². The van der Waals surface area contributed by atoms with E-state index in [-0.39, 0.29) is 0 Å². The van der Waals surface area contributed by atoms with Crippen LogP contribution in [0.25, 0.3) is 0 Å². The summed E-state index contributed by atoms with van der Waals surface area (Å²) in [5, 5.41) is 0. The zero-order valence-corrected chi connectivity index (χ0v) is 8.50. The van der Waals surface area contributed by atoms with Crippen molar-refractivity contribution in [2.45, 2.75) is 25.3 Å². The first kappa shape index (κ1) is 11.7. The Bertz CT molecular complexity index is 286. The Hall–Kier alpha value is -1.40. The summed E-state index contributed by atoms with van der Waals surface area (Å²) in [6.45, 7) is 0.614. The van der Waals surface area contributed by atoms with Crippen molar-refractivity contribution >= 4 is 5.97 Å². The topological polar surface area (TPSA) is 96.2 Å². The van der Waals surface area contributed by atoms with E-state index in [1.807, 2.05) is 0 Å². The van der Waals surface area contributed by atoms with E-state index in [1.165, 1.54) is 23.5 Å². The molecule has 0 fully saturated rings. The lowest BCUT2D eigenvalue weighted by atomic mass is 10.1. The van der Waals surface area contributed by atoms with Crippen LogP contribution in [0.1, 0.15) is 19.3 Å². The van der Waals surface area contributed by atoms with E-state index in [4.69, 9.17) is 16.3 Å². The summed E-state index contributed by atoms with van der Waals surface area (Å²) in [5.41, 5.74) is 11.0. The minimum atomic E-state index is -0.598. The third-order valence-corrected chi connectivity index (χ3v) is 1.95. The summed E-state index contributed by atoms with van der Waals surface area (Å²) in [6.07, 6.45) is 6.73. The molecule has 0 bridgehead atoms. The summed E-state index contributed by atoms with van der Waals surface area (Å²) >= 11 is 0. The molecule has 6 nitrogen and oxygen atoms in total. The Kier molecular flexibility index (Phi) is 4.79. The molecule has 0 saturated heterocycles. The Morgan fingerprint density at radius 2 is 2.33 bits per heavy atom. The van der Waals surface area contributed by atoms with Gasteiger partial charge >= 0.3 is 5.97 Å². The van der Waals surface area contributed by atoms with Crippen LogP contribution in [-0.4, -0.2) is 28.3 Å². The van der Waals surface area contributed by atoms with E-state index in [0.717, 1.165) is 12.8 Å². The van der Waals surface area contributed by atoms with E-state index < -0.39 is 12.0 Å². The number of hydrogen-bond donors (Lipinski definition) is 2. The average molecular weight is 212 g/mol. The maximum absolute atomic E-state index is 11.4. The van der Waals surface area contributed by atoms with Crippen molar-refractivity contribution in [2.75, 3.05) is 6.54 Å². The van der Waals surface area contributed by atoms with Crippen LogP contribution in [0.15, 0.2) is 18.7 Å². The molecule has 1 rings (SSSR count). The van der Waals surface area contributed by atoms with Crippen LogP contribution in [0, 0.1) is 0 Å². The number of carbonyl (C=O) groups excluding carboxylic acids is 1. The number of unbranched alkanes of at least 4 members (excludes halogenated alkanes) is 1. The molecule has 0 aliphatic rings. The molecule has 0 aromatic carbocycles. The van der Waals surface area contributed by atoms with Gasteiger partial charge in [0.15, 0.2) is 0 Å². The van der Waals surface area contributed by atoms with E-state index >= 15 is 0 Å². The molecule has 1 aromatic rings. The van der Waals surface area contributed by atoms with Crippen LogP contribution in [-0.2, 0) is 4.79 Å². The number of imidazole rings is 1. The van der Waals surface area contributed by atoms with Crippen LogP contribution in [0.3, 0.4) is 0 Å². The Labute approximate surface area is 88.2 Å². The molecule has 1 aromatic heterocycles. The second-order valence-corrected chi connectivity index (χ2v) is 3.22. The van der Waals surface area contributed by atoms with Crippen LogP contribution >= 0.6 is 0 Å². The van der Waals surface area contributed by atoms with Gasteiger partial charge in [-0.25, -0.2) is 9.78 Å². The maximum atomic E-state index is 11.4. The summed E-state index contributed by atoms with van der Waals surface area (Å²) in [4.78, 5) is 20.0. The molecule has 0 spiro atoms. The molecule has 6 heteroatoms. The molecule has 15 heavy (non-hydrogen) atoms. The quantitative estimate of drug-likeness (QED) is 0.607. The van der Waals surface area contributed by atoms with Gasteiger partial charge in [-0.2, -0.15) is 4.73 Å². The van der Waals surface area contributed by atoms with Crippen molar-refractivity contribution in [3.05, 3.63) is 18.7 Å². The molecule has 0 radical (unpaired) electrons. The lowest BCUT2D eigenvalue weighted by Crippen LogP contribution is -2.37. The third kappa shape index (κ3) is 4.09. The summed E-state index contributed by atoms with van der Waals surface area (Å²) in [7, 11) is 0. The number of aromatic nitrogens is 2. The molecule has 0 saturated carbocycles. The van der Waals surface area contributed by atoms with Crippen molar-refractivity contribution in [2.24, 2.45) is 11.5 Å². The summed E-state index contributed by atoms with van der Waals surface area (Å²) in [5.74, 6) is -0.454. The van der Waals surface area contributed by atoms with Crippen molar-refractivity contribution in [3.8, 4) is 0 Å². The van der Waals surface area contributed by atoms with E-state index in [2.05, 4.69) is 4.98 Å². The SMILES string of the molecule is NCCCC[C@H](N)C(=O)On1ccnc1. The van der Waals surface area contributed by atoms with Crippen molar-refractivity contribution in [1.29, 1.82) is 0 Å². The second-order valence-electron chi connectivity index (χ2n) is 3.22. The average Bonchev–Trinajstić information content (AvgIpc) is 2.70. The van der Waals surface area contributed by atoms with E-state index in [9.17, 15) is 4.79 Å². The number of hydrogen-bond acceptors (Lipinski definition) is 5. The first-order valence-corrected chi connectivity index (χ1v) is 4.90. The van der Waals surface area contributed by atoms with Gasteiger partial charge in [0.05, 0.1) is 6.20 Å². The van der Waals surface area contributed by atoms with E-state index in [1.54, 1.807) is 0 Å². The van der Waals surface area contributed by atoms with Gasteiger partial charge in [-0.15, -0.1) is 0 Å². The largest absolute Gasteiger partial charge is 0.349 e. The monoisotopic (exact) mass is 212 g/mol. The Morgan fingerprint density at radius 1 is 1.53 bits per heavy atom. The lowest BCUT2D eigenvalue weighted by molar-refractivity contribution is -0.146. The highest BCUT2D eigenvalue weighted by atomic mass is 16.7. The first-order valence-electron chi connectivity index (χ1n) is 4.90. The molecular weight excluding hydrogens is 196 g/mol. The smallest absolute Gasteiger partial charge is 0.334 e. The third-order valence-electron chi connectivity index (χ3n) is 1.95. The van der Waals surface area contributed by atoms with E-state index in [0.29, 0.717) is 13.0 Å². The Morgan fingerprint density at radius 3 is 2.93 bits per heavy atom. The van der Waals surface area contributed by atoms with Crippen molar-refractivity contribution < 1.29 is 9.63 Å². The zero-order valence-electron chi connectivity index (χ0n) is 8.50. The second kappa shape index (κ2) is 6.15. The molecule has 84 valence electrons. The van der Waals surface area contributed by atoms with Crippen LogP contribution in [0.2, 0.25) is 0 Å². The van der Waals surface area contributed by atoms with Gasteiger partial charge < -0.3 is 16.3 Å². The zero-order chi connectivity index (χ0) is 11.1. The van der Waals surface area contributed by atoms with Crippen LogP contribution < -0.4 is 16.3 Å². The van der Waals surface area contributed by atoms with Gasteiger partial charge in [0, 0.05) is 6.20 Å². The van der Waals surface area contributed by atoms with Gasteiger partial charge in [-0.1, -0.05) is 6.42 Å². The van der Waals surface area contributed by atoms with Gasteiger partial charge in [-0.3, -0.25) is 0 Å². The number of nitrogens with two attached hydrogens (primary N) is 2. The highest BCUT2D eigenvalue weighted by Gasteiger charge is 2.15. The highest BCUT2D eigenvalue weighted by Crippen LogP contribution is 1.98. The predicted octanol–water partition coefficient (Wildman–Crippen LogP) is -0.705. The Balaban J connectivity index is 2.27. The molecule has 1 atom stereocenters. The van der Waals surface area contributed by atoms with Gasteiger partial charge in [0.1, 0.15) is 12.4 Å². The summed E-state index contributed by atoms with van der Waals surface area (Å²) < 4.78 is 1.23. The number of nitrogens with zero attached hydrogens (tertiary/aromatic N) is 2. The molecule has 0 aliphatic carbocycles. The number of carbonyl (C=O) groups is 1. The fraction of sp³-hybridized carbons (Fsp3) is 0.556. The normalized spacial score (nSPS) is 12.4. The van der Waals surface area contributed by atoms with Gasteiger partial charge in [0.25, 0.3) is 0 Å². The maximum Gasteiger partial charge on any atom is 0.349 e. The molecule has 4 N–H and O–H groups in total. The first-order chi connectivity index (χ1) is 7.24. The van der Waals surface area contributed by atoms with Crippen molar-refractivity contribution in [3.63, 3.8) is 0 Å².